The number of carbonyl (C=O) groups is 4. The molecule has 7 heteroatoms. The van der Waals surface area contributed by atoms with E-state index < -0.39 is 23.2 Å². The minimum Gasteiger partial charge on any atom is -0.480 e. The van der Waals surface area contributed by atoms with Crippen LogP contribution in [0.1, 0.15) is 37.6 Å². The molecule has 1 amide bonds. The molecule has 0 aromatic heterocycles. The summed E-state index contributed by atoms with van der Waals surface area (Å²) in [5.41, 5.74) is 0.406. The summed E-state index contributed by atoms with van der Waals surface area (Å²) in [6, 6.07) is 11.7. The largest absolute Gasteiger partial charge is 0.480 e. The lowest BCUT2D eigenvalue weighted by atomic mass is 10.0. The van der Waals surface area contributed by atoms with Gasteiger partial charge in [0.1, 0.15) is 6.04 Å². The fourth-order valence-corrected chi connectivity index (χ4v) is 3.71. The molecule has 2 aromatic rings. The second kappa shape index (κ2) is 9.50. The zero-order chi connectivity index (χ0) is 20.8. The van der Waals surface area contributed by atoms with Gasteiger partial charge in [0.2, 0.25) is 5.91 Å². The minimum atomic E-state index is -1.14. The van der Waals surface area contributed by atoms with Gasteiger partial charge in [0.25, 0.3) is 0 Å². The number of rotatable bonds is 8. The summed E-state index contributed by atoms with van der Waals surface area (Å²) in [4.78, 5) is 48.2. The molecule has 0 bridgehead atoms. The maximum atomic E-state index is 12.9. The highest BCUT2D eigenvalue weighted by molar-refractivity contribution is 8.14. The van der Waals surface area contributed by atoms with Gasteiger partial charge >= 0.3 is 5.97 Å². The molecule has 0 fully saturated rings. The summed E-state index contributed by atoms with van der Waals surface area (Å²) in [5, 5.41) is 12.3. The summed E-state index contributed by atoms with van der Waals surface area (Å²) >= 11 is 0.783. The van der Waals surface area contributed by atoms with E-state index in [4.69, 9.17) is 0 Å². The number of hydrogen-bond acceptors (Lipinski definition) is 5. The Balaban J connectivity index is 2.21. The van der Waals surface area contributed by atoms with Crippen LogP contribution in [0.5, 0.6) is 0 Å². The molecule has 0 radical (unpaired) electrons. The van der Waals surface area contributed by atoms with Crippen LogP contribution in [0.3, 0.4) is 0 Å². The van der Waals surface area contributed by atoms with E-state index in [-0.39, 0.29) is 23.2 Å². The van der Waals surface area contributed by atoms with Crippen molar-refractivity contribution >= 4 is 45.3 Å². The van der Waals surface area contributed by atoms with Gasteiger partial charge in [0.05, 0.1) is 5.25 Å². The van der Waals surface area contributed by atoms with Crippen molar-refractivity contribution in [2.45, 2.75) is 38.5 Å². The lowest BCUT2D eigenvalue weighted by Crippen LogP contribution is -2.45. The predicted octanol–water partition coefficient (Wildman–Crippen LogP) is 3.29. The first-order valence-corrected chi connectivity index (χ1v) is 9.79. The van der Waals surface area contributed by atoms with Gasteiger partial charge < -0.3 is 10.4 Å². The van der Waals surface area contributed by atoms with Crippen LogP contribution in [0.2, 0.25) is 0 Å². The molecule has 28 heavy (non-hydrogen) atoms. The Morgan fingerprint density at radius 2 is 1.68 bits per heavy atom. The molecule has 0 aliphatic rings. The number of carboxylic acid groups (broad SMARTS) is 1. The Hall–Kier alpha value is -2.67. The Bertz CT molecular complexity index is 909. The third-order valence-electron chi connectivity index (χ3n) is 4.25. The van der Waals surface area contributed by atoms with Gasteiger partial charge in [0.15, 0.2) is 10.9 Å². The summed E-state index contributed by atoms with van der Waals surface area (Å²) < 4.78 is 0. The van der Waals surface area contributed by atoms with E-state index in [1.165, 1.54) is 6.92 Å². The quantitative estimate of drug-likeness (QED) is 0.659. The third kappa shape index (κ3) is 5.66. The lowest BCUT2D eigenvalue weighted by Gasteiger charge is -2.20. The van der Waals surface area contributed by atoms with Crippen LogP contribution in [0.4, 0.5) is 0 Å². The van der Waals surface area contributed by atoms with Crippen molar-refractivity contribution in [3.63, 3.8) is 0 Å². The summed E-state index contributed by atoms with van der Waals surface area (Å²) in [6.45, 7) is 4.69. The molecule has 0 aliphatic carbocycles. The molecule has 2 N–H and O–H groups in total. The highest BCUT2D eigenvalue weighted by Gasteiger charge is 2.29. The van der Waals surface area contributed by atoms with Gasteiger partial charge in [-0.3, -0.25) is 14.4 Å². The molecule has 0 aliphatic heterocycles. The predicted molar refractivity (Wildman–Crippen MR) is 109 cm³/mol. The van der Waals surface area contributed by atoms with E-state index in [2.05, 4.69) is 5.32 Å². The van der Waals surface area contributed by atoms with E-state index in [9.17, 15) is 24.3 Å². The molecule has 0 spiro atoms. The number of thioether (sulfide) groups is 1. The van der Waals surface area contributed by atoms with Gasteiger partial charge in [-0.2, -0.15) is 0 Å². The van der Waals surface area contributed by atoms with E-state index in [1.54, 1.807) is 26.0 Å². The third-order valence-corrected chi connectivity index (χ3v) is 5.25. The lowest BCUT2D eigenvalue weighted by molar-refractivity contribution is -0.143. The van der Waals surface area contributed by atoms with Crippen LogP contribution in [0.25, 0.3) is 10.8 Å². The average Bonchev–Trinajstić information content (AvgIpc) is 2.63. The monoisotopic (exact) mass is 401 g/mol. The number of ketones is 1. The molecular formula is C21H23NO5S. The Morgan fingerprint density at radius 3 is 2.25 bits per heavy atom. The molecule has 0 heterocycles. The standard InChI is InChI=1S/C21H23NO5S/c1-12(2)19(21(26)27)22-18(24)11-17(28-13(3)23)20(25)16-9-8-14-6-4-5-7-15(14)10-16/h4-10,12,17,19H,11H2,1-3H3,(H,22,24)(H,26,27)/t17?,19-/m0/s1. The number of nitrogens with one attached hydrogen (secondary N) is 1. The fraction of sp³-hybridized carbons (Fsp3) is 0.333. The molecule has 2 atom stereocenters. The maximum Gasteiger partial charge on any atom is 0.326 e. The number of carbonyl (C=O) groups excluding carboxylic acids is 3. The zero-order valence-corrected chi connectivity index (χ0v) is 16.8. The molecule has 2 rings (SSSR count). The molecule has 1 unspecified atom stereocenters. The van der Waals surface area contributed by atoms with Crippen molar-refractivity contribution < 1.29 is 24.3 Å². The second-order valence-electron chi connectivity index (χ2n) is 6.86. The first kappa shape index (κ1) is 21.6. The van der Waals surface area contributed by atoms with Gasteiger partial charge in [-0.05, 0) is 22.8 Å². The number of Topliss-reactive ketones (excluding diaryl/α,β-unsaturated/α-hetero) is 1. The first-order chi connectivity index (χ1) is 13.2. The zero-order valence-electron chi connectivity index (χ0n) is 16.0. The molecular weight excluding hydrogens is 378 g/mol. The number of benzene rings is 2. The Labute approximate surface area is 167 Å². The number of amides is 1. The highest BCUT2D eigenvalue weighted by Crippen LogP contribution is 2.23. The molecule has 2 aromatic carbocycles. The maximum absolute atomic E-state index is 12.9. The van der Waals surface area contributed by atoms with Crippen molar-refractivity contribution in [1.82, 2.24) is 5.32 Å². The van der Waals surface area contributed by atoms with Crippen LogP contribution in [-0.4, -0.2) is 39.2 Å². The minimum absolute atomic E-state index is 0.271. The van der Waals surface area contributed by atoms with Crippen LogP contribution in [-0.2, 0) is 14.4 Å². The van der Waals surface area contributed by atoms with Crippen molar-refractivity contribution in [1.29, 1.82) is 0 Å². The molecule has 0 saturated heterocycles. The van der Waals surface area contributed by atoms with Gasteiger partial charge in [-0.1, -0.05) is 62.0 Å². The smallest absolute Gasteiger partial charge is 0.326 e. The first-order valence-electron chi connectivity index (χ1n) is 8.91. The van der Waals surface area contributed by atoms with E-state index in [1.807, 2.05) is 30.3 Å². The Morgan fingerprint density at radius 1 is 1.04 bits per heavy atom. The van der Waals surface area contributed by atoms with Crippen molar-refractivity contribution in [2.75, 3.05) is 0 Å². The van der Waals surface area contributed by atoms with E-state index >= 15 is 0 Å². The molecule has 0 saturated carbocycles. The van der Waals surface area contributed by atoms with Gasteiger partial charge in [-0.25, -0.2) is 4.79 Å². The van der Waals surface area contributed by atoms with Crippen molar-refractivity contribution in [3.05, 3.63) is 48.0 Å². The van der Waals surface area contributed by atoms with Crippen molar-refractivity contribution in [3.8, 4) is 0 Å². The second-order valence-corrected chi connectivity index (χ2v) is 8.24. The van der Waals surface area contributed by atoms with Crippen LogP contribution in [0.15, 0.2) is 42.5 Å². The van der Waals surface area contributed by atoms with Crippen LogP contribution < -0.4 is 5.32 Å². The average molecular weight is 401 g/mol. The Kier molecular flexibility index (Phi) is 7.34. The fourth-order valence-electron chi connectivity index (χ4n) is 2.83. The van der Waals surface area contributed by atoms with Gasteiger partial charge in [-0.15, -0.1) is 0 Å². The normalized spacial score (nSPS) is 13.1. The summed E-state index contributed by atoms with van der Waals surface area (Å²) in [7, 11) is 0. The number of carboxylic acids is 1. The molecule has 6 nitrogen and oxygen atoms in total. The van der Waals surface area contributed by atoms with E-state index in [0.717, 1.165) is 22.5 Å². The number of aliphatic carboxylic acids is 1. The summed E-state index contributed by atoms with van der Waals surface area (Å²) in [5.74, 6) is -2.36. The van der Waals surface area contributed by atoms with Crippen LogP contribution >= 0.6 is 11.8 Å². The number of hydrogen-bond donors (Lipinski definition) is 2. The highest BCUT2D eigenvalue weighted by atomic mass is 32.2. The number of fused-ring (bicyclic) bond motifs is 1. The topological polar surface area (TPSA) is 101 Å². The van der Waals surface area contributed by atoms with E-state index in [0.29, 0.717) is 5.56 Å². The van der Waals surface area contributed by atoms with Gasteiger partial charge in [0, 0.05) is 18.9 Å². The summed E-state index contributed by atoms with van der Waals surface area (Å²) in [6.07, 6.45) is -0.271. The van der Waals surface area contributed by atoms with Crippen molar-refractivity contribution in [2.24, 2.45) is 5.92 Å². The van der Waals surface area contributed by atoms with Crippen LogP contribution in [0, 0.1) is 5.92 Å². The SMILES string of the molecule is CC(=O)SC(CC(=O)N[C@H](C(=O)O)C(C)C)C(=O)c1ccc2ccccc2c1. The molecule has 148 valence electrons.